The molecule has 0 amide bonds. The van der Waals surface area contributed by atoms with Crippen LogP contribution in [0.25, 0.3) is 0 Å². The molecule has 0 aliphatic rings. The van der Waals surface area contributed by atoms with Gasteiger partial charge >= 0.3 is 12.1 Å². The number of aromatic nitrogens is 2. The number of rotatable bonds is 2. The summed E-state index contributed by atoms with van der Waals surface area (Å²) in [5.74, 6) is -2.43. The predicted molar refractivity (Wildman–Crippen MR) is 44.3 cm³/mol. The summed E-state index contributed by atoms with van der Waals surface area (Å²) in [6.07, 6.45) is -4.81. The van der Waals surface area contributed by atoms with E-state index in [2.05, 4.69) is 5.10 Å². The number of carboxylic acid groups (broad SMARTS) is 1. The third-order valence-corrected chi connectivity index (χ3v) is 1.78. The van der Waals surface area contributed by atoms with Gasteiger partial charge in [0.25, 0.3) is 0 Å². The summed E-state index contributed by atoms with van der Waals surface area (Å²) in [4.78, 5) is 10.5. The van der Waals surface area contributed by atoms with Gasteiger partial charge in [-0.2, -0.15) is 18.3 Å². The zero-order chi connectivity index (χ0) is 11.8. The summed E-state index contributed by atoms with van der Waals surface area (Å²) < 4.78 is 38.1. The number of carbonyl (C=O) groups is 1. The molecule has 0 spiro atoms. The minimum Gasteiger partial charge on any atom is -0.476 e. The highest BCUT2D eigenvalue weighted by molar-refractivity contribution is 5.89. The van der Waals surface area contributed by atoms with Crippen molar-refractivity contribution < 1.29 is 23.1 Å². The van der Waals surface area contributed by atoms with Gasteiger partial charge in [-0.1, -0.05) is 0 Å². The third-order valence-electron chi connectivity index (χ3n) is 1.78. The quantitative estimate of drug-likeness (QED) is 0.789. The number of nitrogens with zero attached hydrogens (tertiary/aromatic N) is 2. The van der Waals surface area contributed by atoms with E-state index in [4.69, 9.17) is 10.8 Å². The minimum absolute atomic E-state index is 0.0716. The maximum atomic E-state index is 12.4. The van der Waals surface area contributed by atoms with Crippen LogP contribution < -0.4 is 5.73 Å². The molecule has 3 N–H and O–H groups in total. The highest BCUT2D eigenvalue weighted by Crippen LogP contribution is 2.36. The number of halogens is 3. The van der Waals surface area contributed by atoms with Crippen molar-refractivity contribution in [2.45, 2.75) is 19.6 Å². The normalized spacial score (nSPS) is 11.7. The fourth-order valence-corrected chi connectivity index (χ4v) is 1.15. The second-order valence-corrected chi connectivity index (χ2v) is 2.73. The van der Waals surface area contributed by atoms with Gasteiger partial charge in [0, 0.05) is 6.54 Å². The van der Waals surface area contributed by atoms with Gasteiger partial charge in [0.05, 0.1) is 0 Å². The molecule has 0 aliphatic heterocycles. The van der Waals surface area contributed by atoms with Gasteiger partial charge in [0.2, 0.25) is 0 Å². The maximum absolute atomic E-state index is 12.4. The number of aromatic carboxylic acids is 1. The Bertz CT molecular complexity index is 397. The molecule has 1 aromatic rings. The topological polar surface area (TPSA) is 81.1 Å². The van der Waals surface area contributed by atoms with Crippen molar-refractivity contribution in [3.05, 3.63) is 11.3 Å². The molecule has 0 aliphatic carbocycles. The largest absolute Gasteiger partial charge is 0.476 e. The number of hydrogen-bond donors (Lipinski definition) is 2. The van der Waals surface area contributed by atoms with E-state index in [9.17, 15) is 18.0 Å². The number of aryl methyl sites for hydroxylation is 1. The molecule has 0 aromatic carbocycles. The molecule has 84 valence electrons. The van der Waals surface area contributed by atoms with Crippen LogP contribution in [0.1, 0.15) is 23.0 Å². The monoisotopic (exact) mass is 223 g/mol. The average Bonchev–Trinajstić information content (AvgIpc) is 2.41. The molecule has 0 bridgehead atoms. The SMILES string of the molecule is CCn1nc(C(=O)O)c(C(F)(F)F)c1N. The fraction of sp³-hybridized carbons (Fsp3) is 0.429. The van der Waals surface area contributed by atoms with Crippen LogP contribution in [-0.2, 0) is 12.7 Å². The number of nitrogen functional groups attached to an aromatic ring is 1. The Morgan fingerprint density at radius 1 is 1.60 bits per heavy atom. The van der Waals surface area contributed by atoms with E-state index in [-0.39, 0.29) is 6.54 Å². The van der Waals surface area contributed by atoms with Crippen LogP contribution in [0.5, 0.6) is 0 Å². The van der Waals surface area contributed by atoms with Gasteiger partial charge in [-0.05, 0) is 6.92 Å². The third kappa shape index (κ3) is 1.88. The molecule has 0 saturated heterocycles. The molecule has 15 heavy (non-hydrogen) atoms. The lowest BCUT2D eigenvalue weighted by molar-refractivity contribution is -0.137. The summed E-state index contributed by atoms with van der Waals surface area (Å²) in [5, 5.41) is 11.8. The van der Waals surface area contributed by atoms with Crippen molar-refractivity contribution in [1.29, 1.82) is 0 Å². The Balaban J connectivity index is 3.46. The van der Waals surface area contributed by atoms with Crippen LogP contribution in [0.3, 0.4) is 0 Å². The second-order valence-electron chi connectivity index (χ2n) is 2.73. The molecule has 1 aromatic heterocycles. The fourth-order valence-electron chi connectivity index (χ4n) is 1.15. The lowest BCUT2D eigenvalue weighted by Gasteiger charge is -2.06. The maximum Gasteiger partial charge on any atom is 0.422 e. The smallest absolute Gasteiger partial charge is 0.422 e. The van der Waals surface area contributed by atoms with Crippen molar-refractivity contribution in [3.8, 4) is 0 Å². The van der Waals surface area contributed by atoms with E-state index in [0.29, 0.717) is 0 Å². The lowest BCUT2D eigenvalue weighted by Crippen LogP contribution is -2.13. The van der Waals surface area contributed by atoms with E-state index in [1.807, 2.05) is 0 Å². The second kappa shape index (κ2) is 3.44. The zero-order valence-electron chi connectivity index (χ0n) is 7.67. The van der Waals surface area contributed by atoms with Crippen LogP contribution >= 0.6 is 0 Å². The van der Waals surface area contributed by atoms with Gasteiger partial charge in [-0.25, -0.2) is 9.48 Å². The van der Waals surface area contributed by atoms with Crippen molar-refractivity contribution in [2.24, 2.45) is 0 Å². The van der Waals surface area contributed by atoms with Gasteiger partial charge in [-0.15, -0.1) is 0 Å². The van der Waals surface area contributed by atoms with Gasteiger partial charge < -0.3 is 10.8 Å². The van der Waals surface area contributed by atoms with Crippen molar-refractivity contribution in [1.82, 2.24) is 9.78 Å². The molecule has 8 heteroatoms. The molecular weight excluding hydrogens is 215 g/mol. The molecule has 0 radical (unpaired) electrons. The first kappa shape index (κ1) is 11.3. The first-order valence-electron chi connectivity index (χ1n) is 3.95. The van der Waals surface area contributed by atoms with Crippen molar-refractivity contribution in [2.75, 3.05) is 5.73 Å². The number of hydrogen-bond acceptors (Lipinski definition) is 3. The highest BCUT2D eigenvalue weighted by atomic mass is 19.4. The van der Waals surface area contributed by atoms with Crippen LogP contribution in [0.2, 0.25) is 0 Å². The molecule has 1 heterocycles. The van der Waals surface area contributed by atoms with E-state index in [1.165, 1.54) is 6.92 Å². The molecule has 0 atom stereocenters. The van der Waals surface area contributed by atoms with Crippen LogP contribution in [0.15, 0.2) is 0 Å². The molecule has 5 nitrogen and oxygen atoms in total. The van der Waals surface area contributed by atoms with Crippen LogP contribution in [0.4, 0.5) is 19.0 Å². The predicted octanol–water partition coefficient (Wildman–Crippen LogP) is 1.20. The van der Waals surface area contributed by atoms with Crippen LogP contribution in [0, 0.1) is 0 Å². The Hall–Kier alpha value is -1.73. The number of alkyl halides is 3. The summed E-state index contributed by atoms with van der Waals surface area (Å²) in [6, 6.07) is 0. The van der Waals surface area contributed by atoms with E-state index in [0.717, 1.165) is 4.68 Å². The summed E-state index contributed by atoms with van der Waals surface area (Å²) in [5.41, 5.74) is 2.70. The average molecular weight is 223 g/mol. The van der Waals surface area contributed by atoms with Gasteiger partial charge in [0.1, 0.15) is 11.4 Å². The molecule has 0 unspecified atom stereocenters. The first-order chi connectivity index (χ1) is 6.79. The van der Waals surface area contributed by atoms with Crippen molar-refractivity contribution in [3.63, 3.8) is 0 Å². The molecule has 0 saturated carbocycles. The molecular formula is C7H8F3N3O2. The molecule has 1 rings (SSSR count). The first-order valence-corrected chi connectivity index (χ1v) is 3.95. The number of carboxylic acids is 1. The number of anilines is 1. The van der Waals surface area contributed by atoms with Crippen molar-refractivity contribution >= 4 is 11.8 Å². The van der Waals surface area contributed by atoms with E-state index < -0.39 is 29.2 Å². The van der Waals surface area contributed by atoms with E-state index >= 15 is 0 Å². The van der Waals surface area contributed by atoms with Gasteiger partial charge in [-0.3, -0.25) is 0 Å². The van der Waals surface area contributed by atoms with Crippen LogP contribution in [-0.4, -0.2) is 20.9 Å². The molecule has 0 fully saturated rings. The Labute approximate surface area is 82.3 Å². The summed E-state index contributed by atoms with van der Waals surface area (Å²) >= 11 is 0. The Morgan fingerprint density at radius 2 is 2.13 bits per heavy atom. The Morgan fingerprint density at radius 3 is 2.40 bits per heavy atom. The lowest BCUT2D eigenvalue weighted by atomic mass is 10.2. The number of nitrogens with two attached hydrogens (primary N) is 1. The summed E-state index contributed by atoms with van der Waals surface area (Å²) in [6.45, 7) is 1.58. The van der Waals surface area contributed by atoms with E-state index in [1.54, 1.807) is 0 Å². The standard InChI is InChI=1S/C7H8F3N3O2/c1-2-13-5(11)3(7(8,9)10)4(12-13)6(14)15/h2,11H2,1H3,(H,14,15). The highest BCUT2D eigenvalue weighted by Gasteiger charge is 2.41. The zero-order valence-corrected chi connectivity index (χ0v) is 7.67. The summed E-state index contributed by atoms with van der Waals surface area (Å²) in [7, 11) is 0. The Kier molecular flexibility index (Phi) is 2.61. The van der Waals surface area contributed by atoms with Gasteiger partial charge in [0.15, 0.2) is 5.69 Å². The minimum atomic E-state index is -4.81.